The number of nitrogens with two attached hydrogens (primary N) is 1. The molecule has 1 amide bonds. The van der Waals surface area contributed by atoms with Gasteiger partial charge in [0.05, 0.1) is 34.0 Å². The number of halogens is 6. The molecule has 53 heavy (non-hydrogen) atoms. The van der Waals surface area contributed by atoms with Crippen molar-refractivity contribution in [3.05, 3.63) is 40.4 Å². The van der Waals surface area contributed by atoms with Crippen LogP contribution in [0, 0.1) is 34.3 Å². The van der Waals surface area contributed by atoms with Crippen LogP contribution >= 0.6 is 22.9 Å². The van der Waals surface area contributed by atoms with E-state index in [1.807, 2.05) is 11.0 Å². The van der Waals surface area contributed by atoms with Crippen LogP contribution in [0.2, 0.25) is 5.02 Å². The summed E-state index contributed by atoms with van der Waals surface area (Å²) in [5, 5.41) is 10.3. The smallest absolute Gasteiger partial charge is 0.319 e. The van der Waals surface area contributed by atoms with Gasteiger partial charge in [-0.25, -0.2) is 22.0 Å². The third-order valence-corrected chi connectivity index (χ3v) is 12.8. The second-order valence-electron chi connectivity index (χ2n) is 15.1. The van der Waals surface area contributed by atoms with Crippen LogP contribution in [-0.2, 0) is 9.53 Å². The minimum absolute atomic E-state index is 0.00106. The van der Waals surface area contributed by atoms with E-state index in [-0.39, 0.29) is 92.4 Å². The van der Waals surface area contributed by atoms with Gasteiger partial charge in [0.15, 0.2) is 5.82 Å². The summed E-state index contributed by atoms with van der Waals surface area (Å²) in [6, 6.07) is 5.87. The number of nitriles is 1. The molecule has 1 saturated carbocycles. The maximum absolute atomic E-state index is 17.2. The molecule has 9 rings (SSSR count). The molecule has 5 fully saturated rings. The van der Waals surface area contributed by atoms with Gasteiger partial charge in [-0.2, -0.15) is 15.2 Å². The summed E-state index contributed by atoms with van der Waals surface area (Å²) < 4.78 is 86.5. The minimum atomic E-state index is -2.98. The van der Waals surface area contributed by atoms with Crippen molar-refractivity contribution in [2.24, 2.45) is 11.3 Å². The first-order valence-corrected chi connectivity index (χ1v) is 18.6. The third-order valence-electron chi connectivity index (χ3n) is 11.5. The molecule has 1 spiro atoms. The van der Waals surface area contributed by atoms with Gasteiger partial charge in [0.2, 0.25) is 5.91 Å². The number of carbonyl (C=O) groups excluding carboxylic acids is 1. The number of benzene rings is 2. The zero-order valence-electron chi connectivity index (χ0n) is 28.2. The summed E-state index contributed by atoms with van der Waals surface area (Å²) in [4.78, 5) is 27.5. The van der Waals surface area contributed by atoms with E-state index in [0.29, 0.717) is 26.1 Å². The van der Waals surface area contributed by atoms with Crippen molar-refractivity contribution >= 4 is 60.7 Å². The average molecular weight is 774 g/mol. The maximum Gasteiger partial charge on any atom is 0.319 e. The predicted octanol–water partition coefficient (Wildman–Crippen LogP) is 6.17. The lowest BCUT2D eigenvalue weighted by Crippen LogP contribution is -2.64. The lowest BCUT2D eigenvalue weighted by Gasteiger charge is -2.50. The molecular formula is C36H33ClF5N7O3S. The van der Waals surface area contributed by atoms with Crippen LogP contribution in [0.25, 0.3) is 32.1 Å². The van der Waals surface area contributed by atoms with Crippen LogP contribution in [0.3, 0.4) is 0 Å². The number of aromatic nitrogens is 2. The summed E-state index contributed by atoms with van der Waals surface area (Å²) in [5.74, 6) is -6.06. The van der Waals surface area contributed by atoms with E-state index in [4.69, 9.17) is 31.8 Å². The van der Waals surface area contributed by atoms with Crippen LogP contribution in [0.5, 0.6) is 6.01 Å². The number of anilines is 2. The Kier molecular flexibility index (Phi) is 8.02. The fraction of sp³-hybridized carbons (Fsp3) is 0.500. The Morgan fingerprint density at radius 3 is 2.74 bits per heavy atom. The first kappa shape index (κ1) is 34.7. The van der Waals surface area contributed by atoms with Crippen molar-refractivity contribution in [2.45, 2.75) is 43.3 Å². The van der Waals surface area contributed by atoms with Gasteiger partial charge in [0, 0.05) is 67.3 Å². The lowest BCUT2D eigenvalue weighted by atomic mass is 9.79. The highest BCUT2D eigenvalue weighted by Gasteiger charge is 2.64. The Labute approximate surface area is 309 Å². The second-order valence-corrected chi connectivity index (χ2v) is 16.5. The van der Waals surface area contributed by atoms with Crippen molar-refractivity contribution in [3.8, 4) is 23.2 Å². The number of hydrogen-bond acceptors (Lipinski definition) is 10. The van der Waals surface area contributed by atoms with E-state index in [1.54, 1.807) is 0 Å². The quantitative estimate of drug-likeness (QED) is 0.230. The monoisotopic (exact) mass is 773 g/mol. The summed E-state index contributed by atoms with van der Waals surface area (Å²) >= 11 is 7.75. The standard InChI is InChI=1S/C36H33ClF5N7O3S/c37-23-8-20-28(27(40)26(23)19-2-3-24(39)29-25(19)21(11-43)30(44)53-29)45-33(52-17-35-4-1-5-49(35)12-18(38)9-35)46-31(20)47-6-7-51-16-34(13-47)14-48(15-34)32(50)22-10-36(22,41)42/h2-3,8,18,22H,1,4-7,9-10,12-17,44H2/t18-,22-,35+/m1/s1. The molecule has 5 aliphatic rings. The van der Waals surface area contributed by atoms with Crippen molar-refractivity contribution in [1.82, 2.24) is 19.8 Å². The Balaban J connectivity index is 1.14. The molecule has 17 heteroatoms. The number of nitrogen functional groups attached to an aromatic ring is 1. The zero-order valence-corrected chi connectivity index (χ0v) is 29.8. The highest BCUT2D eigenvalue weighted by molar-refractivity contribution is 7.23. The first-order valence-electron chi connectivity index (χ1n) is 17.4. The Bertz CT molecular complexity index is 2250. The van der Waals surface area contributed by atoms with Gasteiger partial charge in [-0.05, 0) is 37.1 Å². The molecule has 4 aliphatic heterocycles. The molecule has 2 aromatic carbocycles. The van der Waals surface area contributed by atoms with Crippen molar-refractivity contribution in [1.29, 1.82) is 5.26 Å². The van der Waals surface area contributed by atoms with E-state index in [9.17, 15) is 27.6 Å². The number of amides is 1. The van der Waals surface area contributed by atoms with E-state index in [1.165, 1.54) is 17.0 Å². The van der Waals surface area contributed by atoms with E-state index in [2.05, 4.69) is 9.88 Å². The number of thiophene rings is 1. The maximum atomic E-state index is 17.2. The number of fused-ring (bicyclic) bond motifs is 3. The van der Waals surface area contributed by atoms with E-state index < -0.39 is 52.9 Å². The number of hydrogen-bond donors (Lipinski definition) is 1. The minimum Gasteiger partial charge on any atom is -0.461 e. The van der Waals surface area contributed by atoms with Crippen LogP contribution in [0.15, 0.2) is 18.2 Å². The molecule has 10 nitrogen and oxygen atoms in total. The summed E-state index contributed by atoms with van der Waals surface area (Å²) in [6.07, 6.45) is 0.449. The normalized spacial score (nSPS) is 26.1. The van der Waals surface area contributed by atoms with Gasteiger partial charge in [0.1, 0.15) is 46.9 Å². The van der Waals surface area contributed by atoms with Crippen LogP contribution in [0.1, 0.15) is 31.2 Å². The molecule has 6 heterocycles. The molecule has 1 aliphatic carbocycles. The molecule has 4 aromatic rings. The Morgan fingerprint density at radius 2 is 1.98 bits per heavy atom. The molecule has 3 atom stereocenters. The van der Waals surface area contributed by atoms with Gasteiger partial charge in [0.25, 0.3) is 5.92 Å². The Morgan fingerprint density at radius 1 is 1.19 bits per heavy atom. The summed E-state index contributed by atoms with van der Waals surface area (Å²) in [7, 11) is 0. The SMILES string of the molecule is N#Cc1c(N)sc2c(F)ccc(-c3c(Cl)cc4c(N5CCOCC6(CN(C(=O)[C@H]7CC7(F)F)C6)C5)nc(OC[C@@]56CCCN5C[C@H](F)C6)nc4c3F)c12. The highest BCUT2D eigenvalue weighted by atomic mass is 35.5. The first-order chi connectivity index (χ1) is 25.3. The second kappa shape index (κ2) is 12.2. The van der Waals surface area contributed by atoms with Crippen molar-refractivity contribution in [2.75, 3.05) is 69.7 Å². The molecule has 0 unspecified atom stereocenters. The fourth-order valence-electron chi connectivity index (χ4n) is 8.85. The van der Waals surface area contributed by atoms with Crippen LogP contribution < -0.4 is 15.4 Å². The van der Waals surface area contributed by atoms with E-state index in [0.717, 1.165) is 36.8 Å². The topological polar surface area (TPSA) is 121 Å². The molecule has 0 bridgehead atoms. The van der Waals surface area contributed by atoms with Gasteiger partial charge < -0.3 is 25.0 Å². The van der Waals surface area contributed by atoms with Crippen molar-refractivity contribution < 1.29 is 36.2 Å². The number of carbonyl (C=O) groups is 1. The summed E-state index contributed by atoms with van der Waals surface area (Å²) in [5.41, 5.74) is 4.80. The fourth-order valence-corrected chi connectivity index (χ4v) is 10.1. The molecule has 0 radical (unpaired) electrons. The third kappa shape index (κ3) is 5.56. The molecular weight excluding hydrogens is 741 g/mol. The number of nitrogens with zero attached hydrogens (tertiary/aromatic N) is 6. The van der Waals surface area contributed by atoms with Crippen LogP contribution in [-0.4, -0.2) is 102 Å². The van der Waals surface area contributed by atoms with Gasteiger partial charge in [-0.15, -0.1) is 11.3 Å². The number of likely N-dealkylation sites (tertiary alicyclic amines) is 1. The van der Waals surface area contributed by atoms with E-state index >= 15 is 4.39 Å². The molecule has 2 N–H and O–H groups in total. The zero-order chi connectivity index (χ0) is 37.0. The number of alkyl halides is 3. The van der Waals surface area contributed by atoms with Crippen molar-refractivity contribution in [3.63, 3.8) is 0 Å². The predicted molar refractivity (Wildman–Crippen MR) is 188 cm³/mol. The lowest BCUT2D eigenvalue weighted by molar-refractivity contribution is -0.149. The Hall–Kier alpha value is -4.04. The highest BCUT2D eigenvalue weighted by Crippen LogP contribution is 2.51. The van der Waals surface area contributed by atoms with Gasteiger partial charge in [-0.1, -0.05) is 17.7 Å². The summed E-state index contributed by atoms with van der Waals surface area (Å²) in [6.45, 7) is 2.66. The van der Waals surface area contributed by atoms with Gasteiger partial charge in [-0.3, -0.25) is 9.69 Å². The van der Waals surface area contributed by atoms with Gasteiger partial charge >= 0.3 is 6.01 Å². The molecule has 2 aromatic heterocycles. The molecule has 278 valence electrons. The molecule has 4 saturated heterocycles. The average Bonchev–Trinajstić information content (AvgIpc) is 3.28. The largest absolute Gasteiger partial charge is 0.461 e. The number of rotatable bonds is 6. The van der Waals surface area contributed by atoms with Crippen LogP contribution in [0.4, 0.5) is 32.8 Å². The number of ether oxygens (including phenoxy) is 2.